The van der Waals surface area contributed by atoms with Gasteiger partial charge in [-0.3, -0.25) is 4.98 Å². The number of aromatic amines is 1. The minimum atomic E-state index is 0.0780. The molecule has 8 rings (SSSR count). The van der Waals surface area contributed by atoms with E-state index >= 15 is 0 Å². The van der Waals surface area contributed by atoms with Gasteiger partial charge in [-0.2, -0.15) is 0 Å². The molecule has 234 valence electrons. The van der Waals surface area contributed by atoms with E-state index in [4.69, 9.17) is 4.98 Å². The Morgan fingerprint density at radius 3 is 1.77 bits per heavy atom. The molecule has 3 heterocycles. The summed E-state index contributed by atoms with van der Waals surface area (Å²) in [5.74, 6) is 2.30. The normalized spacial score (nSPS) is 13.1. The molecule has 0 unspecified atom stereocenters. The number of nitrogens with one attached hydrogen (secondary N) is 1. The fourth-order valence-electron chi connectivity index (χ4n) is 7.20. The zero-order valence-corrected chi connectivity index (χ0v) is 28.7. The monoisotopic (exact) mass is 620 g/mol. The first-order chi connectivity index (χ1) is 23.0. The quantitative estimate of drug-likeness (QED) is 0.195. The van der Waals surface area contributed by atoms with E-state index in [-0.39, 0.29) is 17.5 Å². The molecule has 0 bridgehead atoms. The van der Waals surface area contributed by atoms with E-state index in [0.717, 1.165) is 16.9 Å². The van der Waals surface area contributed by atoms with Gasteiger partial charge in [0.1, 0.15) is 0 Å². The molecular formula is C45H41BN2. The molecule has 0 saturated heterocycles. The lowest BCUT2D eigenvalue weighted by Crippen LogP contribution is -2.42. The molecule has 1 N–H and O–H groups in total. The Morgan fingerprint density at radius 2 is 1.15 bits per heavy atom. The fraction of sp³-hybridized carbons (Fsp3) is 0.178. The van der Waals surface area contributed by atoms with Crippen LogP contribution in [-0.4, -0.2) is 16.7 Å². The van der Waals surface area contributed by atoms with Crippen LogP contribution >= 0.6 is 0 Å². The standard InChI is InChI=1S/C45H41BN2/c1-44(2,3)35-19-14-29(15-20-35)32-26-33(30-16-21-36(22-17-30)45(4,5)6)28-34(27-32)39-12-9-13-41(47-39)46-25-24-31-18-23-38-37-10-7-8-11-40(37)48-43(38)42(31)46/h7-28,48H,1-6H3. The molecule has 1 aliphatic heterocycles. The topological polar surface area (TPSA) is 28.7 Å². The molecule has 5 aromatic carbocycles. The first kappa shape index (κ1) is 30.2. The Bertz CT molecular complexity index is 2270. The predicted octanol–water partition coefficient (Wildman–Crippen LogP) is 10.5. The molecule has 0 amide bonds. The number of pyridine rings is 1. The van der Waals surface area contributed by atoms with Crippen LogP contribution in [0.2, 0.25) is 0 Å². The van der Waals surface area contributed by atoms with Crippen LogP contribution < -0.4 is 11.1 Å². The summed E-state index contributed by atoms with van der Waals surface area (Å²) in [5, 5.41) is 2.53. The van der Waals surface area contributed by atoms with Crippen molar-refractivity contribution < 1.29 is 0 Å². The second kappa shape index (κ2) is 11.2. The van der Waals surface area contributed by atoms with Gasteiger partial charge >= 0.3 is 0 Å². The van der Waals surface area contributed by atoms with Crippen LogP contribution in [-0.2, 0) is 10.8 Å². The van der Waals surface area contributed by atoms with Gasteiger partial charge in [0.25, 0.3) is 6.71 Å². The first-order valence-electron chi connectivity index (χ1n) is 17.1. The molecule has 1 aliphatic rings. The highest BCUT2D eigenvalue weighted by Crippen LogP contribution is 2.35. The molecule has 2 nitrogen and oxygen atoms in total. The van der Waals surface area contributed by atoms with Crippen LogP contribution in [0.3, 0.4) is 0 Å². The van der Waals surface area contributed by atoms with Crippen LogP contribution in [0, 0.1) is 0 Å². The van der Waals surface area contributed by atoms with Gasteiger partial charge < -0.3 is 4.98 Å². The summed E-state index contributed by atoms with van der Waals surface area (Å²) in [4.78, 5) is 9.12. The van der Waals surface area contributed by atoms with Crippen LogP contribution in [0.15, 0.2) is 127 Å². The van der Waals surface area contributed by atoms with Gasteiger partial charge in [-0.25, -0.2) is 0 Å². The highest BCUT2D eigenvalue weighted by molar-refractivity contribution is 6.92. The van der Waals surface area contributed by atoms with Crippen LogP contribution in [0.4, 0.5) is 0 Å². The number of benzene rings is 5. The molecule has 2 aromatic heterocycles. The lowest BCUT2D eigenvalue weighted by Gasteiger charge is -2.20. The Hall–Kier alpha value is -5.15. The molecular weight excluding hydrogens is 579 g/mol. The summed E-state index contributed by atoms with van der Waals surface area (Å²) in [6, 6.07) is 44.7. The Balaban J connectivity index is 1.24. The van der Waals surface area contributed by atoms with Crippen molar-refractivity contribution in [1.29, 1.82) is 0 Å². The zero-order valence-electron chi connectivity index (χ0n) is 28.7. The molecule has 0 saturated carbocycles. The van der Waals surface area contributed by atoms with Gasteiger partial charge in [0.05, 0.1) is 5.69 Å². The van der Waals surface area contributed by atoms with Gasteiger partial charge in [-0.1, -0.05) is 133 Å². The van der Waals surface area contributed by atoms with Gasteiger partial charge in [0, 0.05) is 33.0 Å². The number of hydrogen-bond donors (Lipinski definition) is 1. The van der Waals surface area contributed by atoms with Gasteiger partial charge in [-0.15, -0.1) is 5.98 Å². The van der Waals surface area contributed by atoms with Gasteiger partial charge in [-0.05, 0) is 91.6 Å². The smallest absolute Gasteiger partial charge is 0.261 e. The van der Waals surface area contributed by atoms with Crippen molar-refractivity contribution in [3.63, 3.8) is 0 Å². The maximum Gasteiger partial charge on any atom is 0.261 e. The minimum absolute atomic E-state index is 0.0780. The van der Waals surface area contributed by atoms with E-state index in [9.17, 15) is 0 Å². The molecule has 7 aromatic rings. The summed E-state index contributed by atoms with van der Waals surface area (Å²) >= 11 is 0. The van der Waals surface area contributed by atoms with Crippen molar-refractivity contribution in [1.82, 2.24) is 9.97 Å². The Kier molecular flexibility index (Phi) is 7.07. The van der Waals surface area contributed by atoms with E-state index in [1.54, 1.807) is 0 Å². The van der Waals surface area contributed by atoms with Crippen LogP contribution in [0.5, 0.6) is 0 Å². The maximum atomic E-state index is 5.38. The molecule has 48 heavy (non-hydrogen) atoms. The Morgan fingerprint density at radius 1 is 0.542 bits per heavy atom. The SMILES string of the molecule is CC(C)(C)c1ccc(-c2cc(-c3ccc(C(C)(C)C)cc3)cc(-c3cccc(B4C=Cc5ccc6c([nH]c7ccccc76)c54)n3)c2)cc1. The minimum Gasteiger partial charge on any atom is -0.355 e. The van der Waals surface area contributed by atoms with Gasteiger partial charge in [0.15, 0.2) is 0 Å². The largest absolute Gasteiger partial charge is 0.355 e. The number of aromatic nitrogens is 2. The van der Waals surface area contributed by atoms with Crippen molar-refractivity contribution in [2.75, 3.05) is 0 Å². The zero-order chi connectivity index (χ0) is 33.2. The fourth-order valence-corrected chi connectivity index (χ4v) is 7.20. The molecule has 0 radical (unpaired) electrons. The van der Waals surface area contributed by atoms with Crippen molar-refractivity contribution >= 4 is 45.7 Å². The van der Waals surface area contributed by atoms with Gasteiger partial charge in [0.2, 0.25) is 0 Å². The van der Waals surface area contributed by atoms with E-state index in [2.05, 4.69) is 180 Å². The van der Waals surface area contributed by atoms with Crippen molar-refractivity contribution in [2.45, 2.75) is 52.4 Å². The number of nitrogens with zero attached hydrogens (tertiary/aromatic N) is 1. The Labute approximate surface area is 284 Å². The highest BCUT2D eigenvalue weighted by Gasteiger charge is 2.28. The van der Waals surface area contributed by atoms with Crippen molar-refractivity contribution in [2.24, 2.45) is 0 Å². The summed E-state index contributed by atoms with van der Waals surface area (Å²) in [7, 11) is 0. The summed E-state index contributed by atoms with van der Waals surface area (Å²) in [6.45, 7) is 13.7. The third kappa shape index (κ3) is 5.38. The average Bonchev–Trinajstić information content (AvgIpc) is 3.69. The molecule has 0 fully saturated rings. The number of H-pyrrole nitrogens is 1. The second-order valence-electron chi connectivity index (χ2n) is 15.4. The van der Waals surface area contributed by atoms with E-state index in [0.29, 0.717) is 0 Å². The van der Waals surface area contributed by atoms with Crippen molar-refractivity contribution in [3.05, 3.63) is 144 Å². The molecule has 0 aliphatic carbocycles. The third-order valence-electron chi connectivity index (χ3n) is 10.0. The van der Waals surface area contributed by atoms with E-state index in [1.807, 2.05) is 0 Å². The highest BCUT2D eigenvalue weighted by atomic mass is 14.7. The third-order valence-corrected chi connectivity index (χ3v) is 10.0. The second-order valence-corrected chi connectivity index (χ2v) is 15.4. The van der Waals surface area contributed by atoms with Crippen LogP contribution in [0.25, 0.3) is 61.4 Å². The van der Waals surface area contributed by atoms with Crippen LogP contribution in [0.1, 0.15) is 58.2 Å². The average molecular weight is 621 g/mol. The predicted molar refractivity (Wildman–Crippen MR) is 208 cm³/mol. The molecule has 3 heteroatoms. The maximum absolute atomic E-state index is 5.38. The summed E-state index contributed by atoms with van der Waals surface area (Å²) in [6.07, 6.45) is 2.25. The number of hydrogen-bond acceptors (Lipinski definition) is 1. The summed E-state index contributed by atoms with van der Waals surface area (Å²) < 4.78 is 0. The van der Waals surface area contributed by atoms with E-state index < -0.39 is 0 Å². The first-order valence-corrected chi connectivity index (χ1v) is 17.1. The molecule has 0 atom stereocenters. The number of fused-ring (bicyclic) bond motifs is 5. The number of para-hydroxylation sites is 1. The number of rotatable bonds is 4. The summed E-state index contributed by atoms with van der Waals surface area (Å²) in [5.41, 5.74) is 15.8. The lowest BCUT2D eigenvalue weighted by molar-refractivity contribution is 0.590. The van der Waals surface area contributed by atoms with E-state index in [1.165, 1.54) is 66.2 Å². The molecule has 0 spiro atoms. The van der Waals surface area contributed by atoms with Crippen molar-refractivity contribution in [3.8, 4) is 33.5 Å². The lowest BCUT2D eigenvalue weighted by atomic mass is 9.44.